The minimum absolute atomic E-state index is 0.0937. The van der Waals surface area contributed by atoms with Gasteiger partial charge >= 0.3 is 0 Å². The number of nitrogen functional groups attached to an aromatic ring is 1. The van der Waals surface area contributed by atoms with Crippen LogP contribution in [0.1, 0.15) is 32.9 Å². The van der Waals surface area contributed by atoms with Crippen LogP contribution in [0, 0.1) is 5.92 Å². The van der Waals surface area contributed by atoms with Crippen molar-refractivity contribution in [1.82, 2.24) is 14.6 Å². The van der Waals surface area contributed by atoms with Gasteiger partial charge < -0.3 is 20.3 Å². The second-order valence-electron chi connectivity index (χ2n) is 6.55. The molecule has 3 atom stereocenters. The molecule has 1 fully saturated rings. The molecular weight excluding hydrogens is 308 g/mol. The van der Waals surface area contributed by atoms with Gasteiger partial charge in [-0.1, -0.05) is 18.6 Å². The normalized spacial score (nSPS) is 26.8. The maximum atomic E-state index is 11.1. The van der Waals surface area contributed by atoms with E-state index >= 15 is 0 Å². The van der Waals surface area contributed by atoms with Gasteiger partial charge in [0.25, 0.3) is 0 Å². The molecule has 0 aliphatic carbocycles. The highest BCUT2D eigenvalue weighted by molar-refractivity contribution is 5.65. The smallest absolute Gasteiger partial charge is 0.212 e. The Morgan fingerprint density at radius 2 is 2.33 bits per heavy atom. The molecule has 1 aliphatic heterocycles. The second kappa shape index (κ2) is 6.51. The van der Waals surface area contributed by atoms with Gasteiger partial charge in [0.05, 0.1) is 19.3 Å². The summed E-state index contributed by atoms with van der Waals surface area (Å²) in [6, 6.07) is 3.57. The predicted octanol–water partition coefficient (Wildman–Crippen LogP) is 1.86. The van der Waals surface area contributed by atoms with Crippen LogP contribution in [0.15, 0.2) is 30.1 Å². The summed E-state index contributed by atoms with van der Waals surface area (Å²) in [5, 5.41) is 15.3. The van der Waals surface area contributed by atoms with Crippen LogP contribution in [0.4, 0.5) is 5.82 Å². The summed E-state index contributed by atoms with van der Waals surface area (Å²) in [5.41, 5.74) is 8.28. The van der Waals surface area contributed by atoms with Crippen molar-refractivity contribution in [3.8, 4) is 0 Å². The molecule has 2 aromatic heterocycles. The molecule has 0 spiro atoms. The van der Waals surface area contributed by atoms with Crippen molar-refractivity contribution in [3.63, 3.8) is 0 Å². The predicted molar refractivity (Wildman–Crippen MR) is 90.2 cm³/mol. The summed E-state index contributed by atoms with van der Waals surface area (Å²) in [7, 11) is 0. The Morgan fingerprint density at radius 1 is 1.54 bits per heavy atom. The number of allylic oxidation sites excluding steroid dienone is 1. The van der Waals surface area contributed by atoms with Crippen molar-refractivity contribution >= 4 is 11.3 Å². The number of hydrogen-bond acceptors (Lipinski definition) is 6. The van der Waals surface area contributed by atoms with Gasteiger partial charge in [0.2, 0.25) is 5.79 Å². The van der Waals surface area contributed by atoms with Crippen LogP contribution in [0.25, 0.3) is 5.52 Å². The third kappa shape index (κ3) is 3.02. The Morgan fingerprint density at radius 3 is 3.08 bits per heavy atom. The van der Waals surface area contributed by atoms with Crippen molar-refractivity contribution in [3.05, 3.63) is 35.8 Å². The fourth-order valence-corrected chi connectivity index (χ4v) is 3.04. The lowest BCUT2D eigenvalue weighted by atomic mass is 9.96. The van der Waals surface area contributed by atoms with E-state index in [0.717, 1.165) is 0 Å². The number of hydrogen-bond donors (Lipinski definition) is 2. The lowest BCUT2D eigenvalue weighted by Crippen LogP contribution is -2.33. The second-order valence-corrected chi connectivity index (χ2v) is 6.55. The minimum Gasteiger partial charge on any atom is -0.382 e. The zero-order valence-corrected chi connectivity index (χ0v) is 14.3. The summed E-state index contributed by atoms with van der Waals surface area (Å²) < 4.78 is 13.2. The van der Waals surface area contributed by atoms with Crippen LogP contribution in [0.3, 0.4) is 0 Å². The van der Waals surface area contributed by atoms with Gasteiger partial charge in [-0.2, -0.15) is 5.10 Å². The molecule has 3 unspecified atom stereocenters. The summed E-state index contributed by atoms with van der Waals surface area (Å²) in [6.07, 6.45) is 3.93. The number of ether oxygens (including phenoxy) is 2. The summed E-state index contributed by atoms with van der Waals surface area (Å²) in [5.74, 6) is -1.14. The van der Waals surface area contributed by atoms with E-state index in [9.17, 15) is 5.11 Å². The average Bonchev–Trinajstić information content (AvgIpc) is 3.07. The van der Waals surface area contributed by atoms with E-state index in [2.05, 4.69) is 10.1 Å². The first-order chi connectivity index (χ1) is 11.4. The van der Waals surface area contributed by atoms with Crippen LogP contribution in [0.5, 0.6) is 0 Å². The van der Waals surface area contributed by atoms with Gasteiger partial charge in [0, 0.05) is 5.92 Å². The Labute approximate surface area is 141 Å². The molecule has 3 N–H and O–H groups in total. The van der Waals surface area contributed by atoms with Crippen molar-refractivity contribution in [2.45, 2.75) is 39.1 Å². The highest BCUT2D eigenvalue weighted by Crippen LogP contribution is 2.42. The molecular formula is C17H24N4O3. The van der Waals surface area contributed by atoms with Gasteiger partial charge in [-0.25, -0.2) is 9.50 Å². The zero-order valence-electron chi connectivity index (χ0n) is 14.3. The highest BCUT2D eigenvalue weighted by Gasteiger charge is 2.48. The van der Waals surface area contributed by atoms with Gasteiger partial charge in [0.1, 0.15) is 17.5 Å². The maximum absolute atomic E-state index is 11.1. The SMILES string of the molecule is CC(C)=CCOCC1CC(C)C(O)(c2ccc3c(N)ncnn23)O1. The van der Waals surface area contributed by atoms with Crippen molar-refractivity contribution in [2.75, 3.05) is 18.9 Å². The number of aromatic nitrogens is 3. The lowest BCUT2D eigenvalue weighted by molar-refractivity contribution is -0.227. The van der Waals surface area contributed by atoms with Crippen molar-refractivity contribution < 1.29 is 14.6 Å². The Kier molecular flexibility index (Phi) is 4.58. The number of fused-ring (bicyclic) bond motifs is 1. The van der Waals surface area contributed by atoms with Gasteiger partial charge in [-0.05, 0) is 32.4 Å². The molecule has 3 heterocycles. The molecule has 1 saturated heterocycles. The number of aliphatic hydroxyl groups is 1. The van der Waals surface area contributed by atoms with E-state index in [1.54, 1.807) is 16.6 Å². The molecule has 0 aromatic carbocycles. The molecule has 0 amide bonds. The van der Waals surface area contributed by atoms with E-state index in [1.807, 2.05) is 26.8 Å². The largest absolute Gasteiger partial charge is 0.382 e. The number of nitrogens with two attached hydrogens (primary N) is 1. The molecule has 2 aromatic rings. The minimum atomic E-state index is -1.42. The molecule has 0 bridgehead atoms. The number of anilines is 1. The van der Waals surface area contributed by atoms with E-state index in [0.29, 0.717) is 36.7 Å². The number of nitrogens with zero attached hydrogens (tertiary/aromatic N) is 3. The summed E-state index contributed by atoms with van der Waals surface area (Å²) in [4.78, 5) is 3.97. The van der Waals surface area contributed by atoms with E-state index < -0.39 is 5.79 Å². The van der Waals surface area contributed by atoms with Gasteiger partial charge in [0.15, 0.2) is 5.82 Å². The Hall–Kier alpha value is -1.96. The molecule has 1 aliphatic rings. The topological polar surface area (TPSA) is 94.9 Å². The summed E-state index contributed by atoms with van der Waals surface area (Å²) >= 11 is 0. The van der Waals surface area contributed by atoms with Crippen LogP contribution >= 0.6 is 0 Å². The van der Waals surface area contributed by atoms with Crippen LogP contribution in [-0.2, 0) is 15.3 Å². The fraction of sp³-hybridized carbons (Fsp3) is 0.529. The fourth-order valence-electron chi connectivity index (χ4n) is 3.04. The van der Waals surface area contributed by atoms with E-state index in [-0.39, 0.29) is 12.0 Å². The Bertz CT molecular complexity index is 753. The molecule has 3 rings (SSSR count). The van der Waals surface area contributed by atoms with Crippen LogP contribution in [-0.4, -0.2) is 39.0 Å². The first kappa shape index (κ1) is 16.9. The third-order valence-electron chi connectivity index (χ3n) is 4.39. The molecule has 130 valence electrons. The van der Waals surface area contributed by atoms with Crippen molar-refractivity contribution in [2.24, 2.45) is 5.92 Å². The van der Waals surface area contributed by atoms with Crippen molar-refractivity contribution in [1.29, 1.82) is 0 Å². The lowest BCUT2D eigenvalue weighted by Gasteiger charge is -2.26. The first-order valence-corrected chi connectivity index (χ1v) is 8.12. The Balaban J connectivity index is 1.77. The molecule has 0 radical (unpaired) electrons. The van der Waals surface area contributed by atoms with E-state index in [1.165, 1.54) is 11.9 Å². The third-order valence-corrected chi connectivity index (χ3v) is 4.39. The highest BCUT2D eigenvalue weighted by atomic mass is 16.6. The standard InChI is InChI=1S/C17H24N4O3/c1-11(2)6-7-23-9-13-8-12(3)17(22,24-13)15-5-4-14-16(18)19-10-20-21(14)15/h4-6,10,12-13,22H,7-9H2,1-3H3,(H2,18,19,20). The van der Waals surface area contributed by atoms with E-state index in [4.69, 9.17) is 15.2 Å². The quantitative estimate of drug-likeness (QED) is 0.641. The zero-order chi connectivity index (χ0) is 17.3. The van der Waals surface area contributed by atoms with Gasteiger partial charge in [-0.3, -0.25) is 0 Å². The van der Waals surface area contributed by atoms with Crippen LogP contribution < -0.4 is 5.73 Å². The molecule has 24 heavy (non-hydrogen) atoms. The molecule has 7 heteroatoms. The first-order valence-electron chi connectivity index (χ1n) is 8.12. The average molecular weight is 332 g/mol. The number of rotatable bonds is 5. The van der Waals surface area contributed by atoms with Gasteiger partial charge in [-0.15, -0.1) is 0 Å². The molecule has 0 saturated carbocycles. The monoisotopic (exact) mass is 332 g/mol. The molecule has 7 nitrogen and oxygen atoms in total. The van der Waals surface area contributed by atoms with Crippen LogP contribution in [0.2, 0.25) is 0 Å². The maximum Gasteiger partial charge on any atom is 0.212 e. The summed E-state index contributed by atoms with van der Waals surface area (Å²) in [6.45, 7) is 7.01.